The zero-order valence-electron chi connectivity index (χ0n) is 13.7. The van der Waals surface area contributed by atoms with Gasteiger partial charge in [-0.3, -0.25) is 4.79 Å². The Morgan fingerprint density at radius 2 is 1.95 bits per heavy atom. The third-order valence-electron chi connectivity index (χ3n) is 3.79. The minimum atomic E-state index is 0.102. The molecule has 0 aliphatic carbocycles. The molecule has 1 unspecified atom stereocenters. The van der Waals surface area contributed by atoms with Crippen molar-refractivity contribution in [2.75, 3.05) is 18.0 Å². The maximum absolute atomic E-state index is 12.5. The zero-order valence-corrected chi connectivity index (χ0v) is 14.5. The van der Waals surface area contributed by atoms with Crippen LogP contribution in [0.3, 0.4) is 0 Å². The van der Waals surface area contributed by atoms with Gasteiger partial charge in [0.05, 0.1) is 6.54 Å². The molecule has 1 amide bonds. The number of nitrogens with one attached hydrogen (secondary N) is 1. The lowest BCUT2D eigenvalue weighted by atomic mass is 10.1. The first-order valence-corrected chi connectivity index (χ1v) is 8.50. The van der Waals surface area contributed by atoms with Crippen molar-refractivity contribution in [1.82, 2.24) is 5.32 Å². The van der Waals surface area contributed by atoms with Crippen molar-refractivity contribution in [3.05, 3.63) is 51.7 Å². The molecular weight excluding hydrogens is 292 g/mol. The number of carbonyl (C=O) groups excluding carboxylic acids is 1. The Labute approximate surface area is 137 Å². The van der Waals surface area contributed by atoms with Gasteiger partial charge in [-0.1, -0.05) is 18.2 Å². The highest BCUT2D eigenvalue weighted by atomic mass is 32.1. The number of likely N-dealkylation sites (N-methyl/N-ethyl adjacent to an activating group) is 1. The minimum absolute atomic E-state index is 0.102. The highest BCUT2D eigenvalue weighted by Crippen LogP contribution is 2.26. The molecule has 0 saturated heterocycles. The van der Waals surface area contributed by atoms with Crippen LogP contribution in [0.1, 0.15) is 35.2 Å². The number of hydrogen-bond donors (Lipinski definition) is 1. The lowest BCUT2D eigenvalue weighted by molar-refractivity contribution is -0.117. The van der Waals surface area contributed by atoms with Crippen LogP contribution >= 0.6 is 11.3 Å². The molecule has 22 heavy (non-hydrogen) atoms. The van der Waals surface area contributed by atoms with Crippen LogP contribution in [-0.4, -0.2) is 19.0 Å². The van der Waals surface area contributed by atoms with Gasteiger partial charge in [0, 0.05) is 28.0 Å². The maximum atomic E-state index is 12.5. The average molecular weight is 316 g/mol. The van der Waals surface area contributed by atoms with E-state index in [0.717, 1.165) is 5.69 Å². The number of benzene rings is 1. The van der Waals surface area contributed by atoms with E-state index in [4.69, 9.17) is 0 Å². The molecule has 0 aliphatic rings. The number of amides is 1. The number of anilines is 1. The Morgan fingerprint density at radius 1 is 1.27 bits per heavy atom. The number of thiophene rings is 1. The summed E-state index contributed by atoms with van der Waals surface area (Å²) in [7, 11) is 0. The fourth-order valence-electron chi connectivity index (χ4n) is 2.64. The number of rotatable bonds is 6. The molecule has 0 fully saturated rings. The molecule has 2 aromatic rings. The van der Waals surface area contributed by atoms with E-state index in [1.54, 1.807) is 11.3 Å². The van der Waals surface area contributed by atoms with Crippen molar-refractivity contribution in [3.63, 3.8) is 0 Å². The van der Waals surface area contributed by atoms with E-state index in [0.29, 0.717) is 13.1 Å². The van der Waals surface area contributed by atoms with Gasteiger partial charge < -0.3 is 10.2 Å². The first-order valence-electron chi connectivity index (χ1n) is 7.68. The molecule has 0 bridgehead atoms. The second-order valence-electron chi connectivity index (χ2n) is 5.44. The summed E-state index contributed by atoms with van der Waals surface area (Å²) in [5, 5.41) is 3.35. The molecule has 1 N–H and O–H groups in total. The Kier molecular flexibility index (Phi) is 5.75. The van der Waals surface area contributed by atoms with Gasteiger partial charge in [-0.15, -0.1) is 11.3 Å². The second-order valence-corrected chi connectivity index (χ2v) is 6.91. The van der Waals surface area contributed by atoms with E-state index in [-0.39, 0.29) is 11.9 Å². The Balaban J connectivity index is 1.98. The van der Waals surface area contributed by atoms with E-state index in [1.165, 1.54) is 15.3 Å². The number of aryl methyl sites for hydroxylation is 2. The van der Waals surface area contributed by atoms with Crippen molar-refractivity contribution in [2.45, 2.75) is 33.7 Å². The smallest absolute Gasteiger partial charge is 0.240 e. The Hall–Kier alpha value is -1.65. The SMILES string of the molecule is CCN(C(=O)CNC(C)c1cc(C)sc1C)c1ccccc1. The summed E-state index contributed by atoms with van der Waals surface area (Å²) in [4.78, 5) is 16.9. The van der Waals surface area contributed by atoms with Gasteiger partial charge in [-0.25, -0.2) is 0 Å². The molecule has 1 aromatic heterocycles. The monoisotopic (exact) mass is 316 g/mol. The van der Waals surface area contributed by atoms with Crippen molar-refractivity contribution in [1.29, 1.82) is 0 Å². The highest BCUT2D eigenvalue weighted by Gasteiger charge is 2.16. The predicted molar refractivity (Wildman–Crippen MR) is 94.7 cm³/mol. The largest absolute Gasteiger partial charge is 0.312 e. The molecule has 0 aliphatic heterocycles. The van der Waals surface area contributed by atoms with Crippen LogP contribution in [0, 0.1) is 13.8 Å². The summed E-state index contributed by atoms with van der Waals surface area (Å²) in [6.45, 7) is 9.39. The van der Waals surface area contributed by atoms with Crippen LogP contribution in [-0.2, 0) is 4.79 Å². The molecule has 118 valence electrons. The first-order chi connectivity index (χ1) is 10.5. The van der Waals surface area contributed by atoms with E-state index in [9.17, 15) is 4.79 Å². The van der Waals surface area contributed by atoms with Gasteiger partial charge in [0.2, 0.25) is 5.91 Å². The third-order valence-corrected chi connectivity index (χ3v) is 4.77. The van der Waals surface area contributed by atoms with E-state index in [1.807, 2.05) is 42.2 Å². The van der Waals surface area contributed by atoms with Crippen LogP contribution in [0.25, 0.3) is 0 Å². The van der Waals surface area contributed by atoms with Crippen molar-refractivity contribution < 1.29 is 4.79 Å². The first kappa shape index (κ1) is 16.7. The molecule has 1 heterocycles. The second kappa shape index (κ2) is 7.56. The fraction of sp³-hybridized carbons (Fsp3) is 0.389. The van der Waals surface area contributed by atoms with E-state index in [2.05, 4.69) is 32.2 Å². The van der Waals surface area contributed by atoms with Crippen LogP contribution < -0.4 is 10.2 Å². The lowest BCUT2D eigenvalue weighted by Crippen LogP contribution is -2.39. The van der Waals surface area contributed by atoms with Crippen LogP contribution in [0.4, 0.5) is 5.69 Å². The topological polar surface area (TPSA) is 32.3 Å². The van der Waals surface area contributed by atoms with Crippen molar-refractivity contribution in [2.24, 2.45) is 0 Å². The summed E-state index contributed by atoms with van der Waals surface area (Å²) in [6, 6.07) is 12.2. The quantitative estimate of drug-likeness (QED) is 0.871. The van der Waals surface area contributed by atoms with Crippen LogP contribution in [0.15, 0.2) is 36.4 Å². The molecule has 1 aromatic carbocycles. The Bertz CT molecular complexity index is 621. The summed E-state index contributed by atoms with van der Waals surface area (Å²) in [5.41, 5.74) is 2.24. The average Bonchev–Trinajstić information content (AvgIpc) is 2.85. The normalized spacial score (nSPS) is 12.2. The summed E-state index contributed by atoms with van der Waals surface area (Å²) in [5.74, 6) is 0.102. The zero-order chi connectivity index (χ0) is 16.1. The summed E-state index contributed by atoms with van der Waals surface area (Å²) >= 11 is 1.80. The molecule has 1 atom stereocenters. The molecule has 0 spiro atoms. The van der Waals surface area contributed by atoms with Crippen LogP contribution in [0.2, 0.25) is 0 Å². The van der Waals surface area contributed by atoms with Gasteiger partial charge in [0.1, 0.15) is 0 Å². The van der Waals surface area contributed by atoms with Crippen LogP contribution in [0.5, 0.6) is 0 Å². The number of nitrogens with zero attached hydrogens (tertiary/aromatic N) is 1. The predicted octanol–water partition coefficient (Wildman–Crippen LogP) is 4.07. The molecule has 3 nitrogen and oxygen atoms in total. The lowest BCUT2D eigenvalue weighted by Gasteiger charge is -2.22. The van der Waals surface area contributed by atoms with Gasteiger partial charge >= 0.3 is 0 Å². The van der Waals surface area contributed by atoms with Gasteiger partial charge in [-0.2, -0.15) is 0 Å². The van der Waals surface area contributed by atoms with Gasteiger partial charge in [0.25, 0.3) is 0 Å². The summed E-state index contributed by atoms with van der Waals surface area (Å²) < 4.78 is 0. The molecular formula is C18H24N2OS. The number of hydrogen-bond acceptors (Lipinski definition) is 3. The molecule has 0 saturated carbocycles. The maximum Gasteiger partial charge on any atom is 0.240 e. The minimum Gasteiger partial charge on any atom is -0.312 e. The van der Waals surface area contributed by atoms with Crippen molar-refractivity contribution >= 4 is 22.9 Å². The third kappa shape index (κ3) is 3.96. The molecule has 0 radical (unpaired) electrons. The number of carbonyl (C=O) groups is 1. The fourth-order valence-corrected chi connectivity index (χ4v) is 3.66. The van der Waals surface area contributed by atoms with E-state index < -0.39 is 0 Å². The van der Waals surface area contributed by atoms with Gasteiger partial charge in [-0.05, 0) is 51.5 Å². The molecule has 4 heteroatoms. The highest BCUT2D eigenvalue weighted by molar-refractivity contribution is 7.12. The summed E-state index contributed by atoms with van der Waals surface area (Å²) in [6.07, 6.45) is 0. The molecule has 2 rings (SSSR count). The van der Waals surface area contributed by atoms with E-state index >= 15 is 0 Å². The Morgan fingerprint density at radius 3 is 2.50 bits per heavy atom. The van der Waals surface area contributed by atoms with Crippen molar-refractivity contribution in [3.8, 4) is 0 Å². The van der Waals surface area contributed by atoms with Gasteiger partial charge in [0.15, 0.2) is 0 Å². The standard InChI is InChI=1S/C18H24N2OS/c1-5-20(16-9-7-6-8-10-16)18(21)12-19-14(3)17-11-13(2)22-15(17)4/h6-11,14,19H,5,12H2,1-4H3. The number of para-hydroxylation sites is 1.